The van der Waals surface area contributed by atoms with Crippen LogP contribution < -0.4 is 0 Å². The van der Waals surface area contributed by atoms with Gasteiger partial charge >= 0.3 is 5.51 Å². The second-order valence-electron chi connectivity index (χ2n) is 2.78. The fraction of sp³-hybridized carbons (Fsp3) is 0.125. The topological polar surface area (TPSA) is 17.1 Å². The third-order valence-corrected chi connectivity index (χ3v) is 2.24. The number of hydrogen-bond acceptors (Lipinski definition) is 2. The molecule has 1 rings (SSSR count). The number of halogens is 8. The molecular weight excluding hydrogens is 296 g/mol. The fourth-order valence-corrected chi connectivity index (χ4v) is 1.43. The van der Waals surface area contributed by atoms with Crippen molar-refractivity contribution < 1.29 is 39.9 Å². The van der Waals surface area contributed by atoms with E-state index in [9.17, 15) is 39.9 Å². The summed E-state index contributed by atoms with van der Waals surface area (Å²) in [6, 6.07) is 0. The van der Waals surface area contributed by atoms with E-state index in [1.54, 1.807) is 0 Å². The van der Waals surface area contributed by atoms with Gasteiger partial charge in [0.15, 0.2) is 23.3 Å². The smallest absolute Gasteiger partial charge is 0.281 e. The molecule has 0 N–H and O–H groups in total. The minimum atomic E-state index is -5.21. The lowest BCUT2D eigenvalue weighted by atomic mass is 10.2. The molecule has 0 aromatic heterocycles. The van der Waals surface area contributed by atoms with Crippen LogP contribution in [0.1, 0.15) is 10.4 Å². The van der Waals surface area contributed by atoms with Crippen molar-refractivity contribution >= 4 is 16.9 Å². The Bertz CT molecular complexity index is 480. The standard InChI is InChI=1S/C8F8OS/c9-2-1(7(17)18-8(14,15)16)3(10)5(12)6(13)4(2)11. The molecule has 0 amide bonds. The maximum atomic E-state index is 12.9. The lowest BCUT2D eigenvalue weighted by Crippen LogP contribution is -2.14. The van der Waals surface area contributed by atoms with E-state index in [0.29, 0.717) is 0 Å². The first kappa shape index (κ1) is 14.7. The van der Waals surface area contributed by atoms with Gasteiger partial charge in [0.25, 0.3) is 0 Å². The summed E-state index contributed by atoms with van der Waals surface area (Å²) < 4.78 is 98.8. The van der Waals surface area contributed by atoms with Gasteiger partial charge in [-0.2, -0.15) is 13.2 Å². The molecule has 1 aromatic rings. The molecule has 0 heterocycles. The average Bonchev–Trinajstić information content (AvgIpc) is 2.21. The Hall–Kier alpha value is -1.32. The Morgan fingerprint density at radius 3 is 1.44 bits per heavy atom. The Labute approximate surface area is 97.8 Å². The van der Waals surface area contributed by atoms with Gasteiger partial charge in [-0.25, -0.2) is 22.0 Å². The molecule has 1 aromatic carbocycles. The minimum Gasteiger partial charge on any atom is -0.281 e. The molecule has 0 aliphatic rings. The molecule has 18 heavy (non-hydrogen) atoms. The second kappa shape index (κ2) is 4.75. The molecule has 0 atom stereocenters. The Balaban J connectivity index is 3.38. The zero-order valence-corrected chi connectivity index (χ0v) is 8.66. The predicted molar refractivity (Wildman–Crippen MR) is 44.2 cm³/mol. The van der Waals surface area contributed by atoms with Crippen molar-refractivity contribution in [3.8, 4) is 0 Å². The number of benzene rings is 1. The second-order valence-corrected chi connectivity index (χ2v) is 3.82. The van der Waals surface area contributed by atoms with Crippen LogP contribution in [0, 0.1) is 29.1 Å². The van der Waals surface area contributed by atoms with Crippen molar-refractivity contribution in [1.82, 2.24) is 0 Å². The van der Waals surface area contributed by atoms with Gasteiger partial charge in [0.1, 0.15) is 5.56 Å². The summed E-state index contributed by atoms with van der Waals surface area (Å²) in [5, 5.41) is -2.32. The summed E-state index contributed by atoms with van der Waals surface area (Å²) >= 11 is -1.51. The minimum absolute atomic E-state index is 1.51. The highest BCUT2D eigenvalue weighted by atomic mass is 32.2. The first-order chi connectivity index (χ1) is 8.06. The average molecular weight is 296 g/mol. The molecule has 0 spiro atoms. The highest BCUT2D eigenvalue weighted by Gasteiger charge is 2.38. The first-order valence-electron chi connectivity index (χ1n) is 3.87. The van der Waals surface area contributed by atoms with Crippen LogP contribution in [0.2, 0.25) is 0 Å². The van der Waals surface area contributed by atoms with E-state index in [4.69, 9.17) is 0 Å². The number of thioether (sulfide) groups is 1. The fourth-order valence-electron chi connectivity index (χ4n) is 0.940. The first-order valence-corrected chi connectivity index (χ1v) is 4.69. The van der Waals surface area contributed by atoms with Crippen LogP contribution in [-0.2, 0) is 0 Å². The van der Waals surface area contributed by atoms with E-state index in [1.165, 1.54) is 0 Å². The summed E-state index contributed by atoms with van der Waals surface area (Å²) in [6.07, 6.45) is 0. The van der Waals surface area contributed by atoms with E-state index in [1.807, 2.05) is 0 Å². The molecule has 0 unspecified atom stereocenters. The maximum Gasteiger partial charge on any atom is 0.449 e. The van der Waals surface area contributed by atoms with E-state index < -0.39 is 57.0 Å². The van der Waals surface area contributed by atoms with Gasteiger partial charge in [-0.1, -0.05) is 0 Å². The predicted octanol–water partition coefficient (Wildman–Crippen LogP) is 3.78. The molecule has 100 valence electrons. The molecule has 0 saturated heterocycles. The van der Waals surface area contributed by atoms with Gasteiger partial charge in [0.05, 0.1) is 0 Å². The zero-order chi connectivity index (χ0) is 14.2. The monoisotopic (exact) mass is 296 g/mol. The van der Waals surface area contributed by atoms with Crippen LogP contribution in [0.25, 0.3) is 0 Å². The summed E-state index contributed by atoms with van der Waals surface area (Å²) in [5.41, 5.74) is -7.34. The highest BCUT2D eigenvalue weighted by molar-refractivity contribution is 8.14. The van der Waals surface area contributed by atoms with E-state index >= 15 is 0 Å². The summed E-state index contributed by atoms with van der Waals surface area (Å²) in [6.45, 7) is 0. The molecule has 0 saturated carbocycles. The van der Waals surface area contributed by atoms with Gasteiger partial charge in [-0.05, 0) is 0 Å². The quantitative estimate of drug-likeness (QED) is 0.446. The van der Waals surface area contributed by atoms with Crippen molar-refractivity contribution in [2.75, 3.05) is 0 Å². The van der Waals surface area contributed by atoms with Gasteiger partial charge in [0.2, 0.25) is 10.9 Å². The third kappa shape index (κ3) is 2.74. The van der Waals surface area contributed by atoms with Crippen molar-refractivity contribution in [1.29, 1.82) is 0 Å². The van der Waals surface area contributed by atoms with Gasteiger partial charge in [0, 0.05) is 11.8 Å². The zero-order valence-electron chi connectivity index (χ0n) is 7.84. The van der Waals surface area contributed by atoms with Crippen LogP contribution in [0.5, 0.6) is 0 Å². The van der Waals surface area contributed by atoms with Gasteiger partial charge in [-0.3, -0.25) is 4.79 Å². The molecule has 1 nitrogen and oxygen atoms in total. The third-order valence-electron chi connectivity index (χ3n) is 1.62. The lowest BCUT2D eigenvalue weighted by molar-refractivity contribution is -0.0322. The Morgan fingerprint density at radius 2 is 1.11 bits per heavy atom. The van der Waals surface area contributed by atoms with Crippen molar-refractivity contribution in [2.24, 2.45) is 0 Å². The van der Waals surface area contributed by atoms with Crippen molar-refractivity contribution in [3.63, 3.8) is 0 Å². The molecule has 0 aliphatic heterocycles. The number of carbonyl (C=O) groups excluding carboxylic acids is 1. The molecular formula is C8F8OS. The number of carbonyl (C=O) groups is 1. The van der Waals surface area contributed by atoms with Crippen LogP contribution >= 0.6 is 11.8 Å². The molecule has 0 bridgehead atoms. The molecule has 0 fully saturated rings. The van der Waals surface area contributed by atoms with Crippen LogP contribution in [0.15, 0.2) is 0 Å². The SMILES string of the molecule is O=C(SC(F)(F)F)c1c(F)c(F)c(F)c(F)c1F. The summed E-state index contributed by atoms with van der Waals surface area (Å²) in [5.74, 6) is -12.7. The van der Waals surface area contributed by atoms with Crippen molar-refractivity contribution in [3.05, 3.63) is 34.6 Å². The van der Waals surface area contributed by atoms with E-state index in [-0.39, 0.29) is 0 Å². The van der Waals surface area contributed by atoms with Crippen LogP contribution in [0.3, 0.4) is 0 Å². The summed E-state index contributed by atoms with van der Waals surface area (Å²) in [7, 11) is 0. The molecule has 0 aliphatic carbocycles. The molecule has 10 heteroatoms. The normalized spacial score (nSPS) is 11.8. The van der Waals surface area contributed by atoms with Gasteiger partial charge < -0.3 is 0 Å². The molecule has 0 radical (unpaired) electrons. The van der Waals surface area contributed by atoms with E-state index in [2.05, 4.69) is 0 Å². The number of alkyl halides is 3. The van der Waals surface area contributed by atoms with E-state index in [0.717, 1.165) is 0 Å². The Kier molecular flexibility index (Phi) is 3.89. The Morgan fingerprint density at radius 1 is 0.778 bits per heavy atom. The summed E-state index contributed by atoms with van der Waals surface area (Å²) in [4.78, 5) is 10.8. The maximum absolute atomic E-state index is 12.9. The van der Waals surface area contributed by atoms with Crippen molar-refractivity contribution in [2.45, 2.75) is 5.51 Å². The number of rotatable bonds is 1. The highest BCUT2D eigenvalue weighted by Crippen LogP contribution is 2.35. The van der Waals surface area contributed by atoms with Crippen LogP contribution in [-0.4, -0.2) is 10.6 Å². The largest absolute Gasteiger partial charge is 0.449 e. The van der Waals surface area contributed by atoms with Gasteiger partial charge in [-0.15, -0.1) is 0 Å². The lowest BCUT2D eigenvalue weighted by Gasteiger charge is -2.08. The van der Waals surface area contributed by atoms with Crippen LogP contribution in [0.4, 0.5) is 35.1 Å². The number of hydrogen-bond donors (Lipinski definition) is 0.